The minimum Gasteiger partial charge on any atom is -0.602 e. The van der Waals surface area contributed by atoms with Gasteiger partial charge in [0.15, 0.2) is 0 Å². The predicted molar refractivity (Wildman–Crippen MR) is 15.5 cm³/mol. The Balaban J connectivity index is 0. The van der Waals surface area contributed by atoms with Gasteiger partial charge in [0.1, 0.15) is 0 Å². The zero-order valence-corrected chi connectivity index (χ0v) is 5.26. The molecule has 0 aliphatic rings. The predicted octanol–water partition coefficient (Wildman–Crippen LogP) is -3.32. The zero-order valence-electron chi connectivity index (χ0n) is 5.26. The molecule has 0 aliphatic heterocycles. The van der Waals surface area contributed by atoms with Crippen LogP contribution in [0, 0.1) is 0 Å². The SMILES string of the molecule is [2H]C(=O)[N-]C([2H])=O.[Na+]. The maximum atomic E-state index is 9.41. The minimum atomic E-state index is -1.38. The molecule has 0 atom stereocenters. The minimum absolute atomic E-state index is 0. The third-order valence-electron chi connectivity index (χ3n) is 0.0913. The molecule has 0 bridgehead atoms. The van der Waals surface area contributed by atoms with Crippen molar-refractivity contribution >= 4 is 12.8 Å². The Labute approximate surface area is 60.2 Å². The van der Waals surface area contributed by atoms with E-state index in [1.807, 2.05) is 0 Å². The van der Waals surface area contributed by atoms with Crippen molar-refractivity contribution in [2.75, 3.05) is 0 Å². The molecule has 0 aromatic rings. The fourth-order valence-corrected chi connectivity index (χ4v) is 0.0186. The molecular formula is C2H2NNaO2. The first-order chi connectivity index (χ1) is 3.13. The summed E-state index contributed by atoms with van der Waals surface area (Å²) in [4.78, 5) is 18.8. The first kappa shape index (κ1) is 4.30. The normalized spacial score (nSPS) is 9.33. The molecule has 0 heterocycles. The average Bonchev–Trinajstić information content (AvgIpc) is 1.27. The Kier molecular flexibility index (Phi) is 6.41. The molecule has 0 aliphatic carbocycles. The summed E-state index contributed by atoms with van der Waals surface area (Å²) >= 11 is 0. The average molecular weight is 97.0 g/mol. The van der Waals surface area contributed by atoms with Crippen LogP contribution in [0.5, 0.6) is 0 Å². The second-order valence-corrected chi connectivity index (χ2v) is 0.294. The molecule has 0 rings (SSSR count). The van der Waals surface area contributed by atoms with Gasteiger partial charge in [0.25, 0.3) is 0 Å². The second-order valence-electron chi connectivity index (χ2n) is 0.294. The molecule has 0 aromatic heterocycles. The van der Waals surface area contributed by atoms with Crippen molar-refractivity contribution in [2.45, 2.75) is 0 Å². The van der Waals surface area contributed by atoms with Crippen molar-refractivity contribution in [1.29, 1.82) is 0 Å². The van der Waals surface area contributed by atoms with E-state index in [-0.39, 0.29) is 29.6 Å². The molecule has 0 saturated carbocycles. The van der Waals surface area contributed by atoms with Crippen LogP contribution in [0.1, 0.15) is 2.74 Å². The largest absolute Gasteiger partial charge is 1.00 e. The van der Waals surface area contributed by atoms with Crippen molar-refractivity contribution in [3.8, 4) is 0 Å². The van der Waals surface area contributed by atoms with Crippen LogP contribution >= 0.6 is 0 Å². The van der Waals surface area contributed by atoms with Crippen LogP contribution in [-0.4, -0.2) is 12.8 Å². The maximum absolute atomic E-state index is 9.41. The number of amides is 2. The van der Waals surface area contributed by atoms with E-state index in [9.17, 15) is 9.59 Å². The molecule has 4 heteroatoms. The molecule has 28 valence electrons. The number of hydrogen-bond acceptors (Lipinski definition) is 2. The summed E-state index contributed by atoms with van der Waals surface area (Å²) in [7, 11) is 0. The number of carbonyl (C=O) groups excluding carboxylic acids is 2. The summed E-state index contributed by atoms with van der Waals surface area (Å²) in [6.07, 6.45) is -2.75. The number of imide groups is 1. The third-order valence-corrected chi connectivity index (χ3v) is 0.0913. The number of nitrogens with zero attached hydrogens (tertiary/aromatic N) is 1. The van der Waals surface area contributed by atoms with Crippen LogP contribution in [0.15, 0.2) is 0 Å². The van der Waals surface area contributed by atoms with Crippen molar-refractivity contribution < 1.29 is 41.9 Å². The second kappa shape index (κ2) is 8.94. The molecule has 0 spiro atoms. The molecule has 0 radical (unpaired) electrons. The summed E-state index contributed by atoms with van der Waals surface area (Å²) in [5.41, 5.74) is 0. The van der Waals surface area contributed by atoms with Gasteiger partial charge in [0.2, 0.25) is 0 Å². The van der Waals surface area contributed by atoms with Crippen molar-refractivity contribution in [3.63, 3.8) is 0 Å². The van der Waals surface area contributed by atoms with Gasteiger partial charge < -0.3 is 14.9 Å². The number of hydrogen-bond donors (Lipinski definition) is 0. The summed E-state index contributed by atoms with van der Waals surface area (Å²) in [5, 5.41) is 2.33. The summed E-state index contributed by atoms with van der Waals surface area (Å²) in [5.74, 6) is 0. The molecule has 0 aromatic carbocycles. The van der Waals surface area contributed by atoms with Gasteiger partial charge in [-0.3, -0.25) is 0 Å². The quantitative estimate of drug-likeness (QED) is 0.234. The maximum Gasteiger partial charge on any atom is 1.00 e. The fourth-order valence-electron chi connectivity index (χ4n) is 0.0186. The number of carbonyl (C=O) groups is 2. The van der Waals surface area contributed by atoms with E-state index < -0.39 is 12.8 Å². The van der Waals surface area contributed by atoms with E-state index in [0.717, 1.165) is 0 Å². The molecule has 0 unspecified atom stereocenters. The monoisotopic (exact) mass is 97.0 g/mol. The Hall–Kier alpha value is 0.140. The van der Waals surface area contributed by atoms with E-state index in [2.05, 4.69) is 5.32 Å². The molecule has 2 amide bonds. The number of rotatable bonds is 0. The van der Waals surface area contributed by atoms with E-state index in [1.54, 1.807) is 0 Å². The van der Waals surface area contributed by atoms with Gasteiger partial charge in [0, 0.05) is 12.8 Å². The molecule has 3 nitrogen and oxygen atoms in total. The van der Waals surface area contributed by atoms with Gasteiger partial charge in [-0.05, 0) is 0 Å². The molecular weight excluding hydrogens is 93.0 g/mol. The standard InChI is InChI=1S/C2H3NO2.Na/c4-1-3-2-5;/h1-2H,(H,3,4,5);/q;+1/p-1/i1D,2D;. The smallest absolute Gasteiger partial charge is 0.602 e. The molecule has 0 N–H and O–H groups in total. The van der Waals surface area contributed by atoms with Crippen LogP contribution < -0.4 is 29.6 Å². The summed E-state index contributed by atoms with van der Waals surface area (Å²) in [6.45, 7) is 0. The molecule has 0 saturated heterocycles. The molecule has 6 heavy (non-hydrogen) atoms. The van der Waals surface area contributed by atoms with Crippen LogP contribution in [0.25, 0.3) is 5.32 Å². The van der Waals surface area contributed by atoms with E-state index in [4.69, 9.17) is 2.74 Å². The van der Waals surface area contributed by atoms with Crippen LogP contribution in [0.3, 0.4) is 0 Å². The first-order valence-corrected chi connectivity index (χ1v) is 0.855. The summed E-state index contributed by atoms with van der Waals surface area (Å²) in [6, 6.07) is 0. The zero-order chi connectivity index (χ0) is 5.86. The van der Waals surface area contributed by atoms with Gasteiger partial charge in [-0.2, -0.15) is 0 Å². The van der Waals surface area contributed by atoms with Crippen molar-refractivity contribution in [1.82, 2.24) is 0 Å². The van der Waals surface area contributed by atoms with Gasteiger partial charge in [-0.1, -0.05) is 0 Å². The van der Waals surface area contributed by atoms with Crippen molar-refractivity contribution in [3.05, 3.63) is 5.32 Å². The Morgan fingerprint density at radius 3 is 1.83 bits per heavy atom. The first-order valence-electron chi connectivity index (χ1n) is 1.86. The molecule has 0 fully saturated rings. The van der Waals surface area contributed by atoms with Gasteiger partial charge >= 0.3 is 29.6 Å². The van der Waals surface area contributed by atoms with Crippen LogP contribution in [0.4, 0.5) is 0 Å². The van der Waals surface area contributed by atoms with Crippen LogP contribution in [-0.2, 0) is 9.59 Å². The summed E-state index contributed by atoms with van der Waals surface area (Å²) < 4.78 is 11.9. The third kappa shape index (κ3) is 8.91. The van der Waals surface area contributed by atoms with E-state index >= 15 is 0 Å². The Bertz CT molecular complexity index is 94.2. The van der Waals surface area contributed by atoms with Gasteiger partial charge in [0.05, 0.1) is 2.74 Å². The van der Waals surface area contributed by atoms with Gasteiger partial charge in [-0.15, -0.1) is 0 Å². The van der Waals surface area contributed by atoms with Crippen LogP contribution in [0.2, 0.25) is 0 Å². The van der Waals surface area contributed by atoms with E-state index in [0.29, 0.717) is 0 Å². The Morgan fingerprint density at radius 2 is 1.83 bits per heavy atom. The van der Waals surface area contributed by atoms with Gasteiger partial charge in [-0.25, -0.2) is 0 Å². The van der Waals surface area contributed by atoms with Crippen molar-refractivity contribution in [2.24, 2.45) is 0 Å². The fraction of sp³-hybridized carbons (Fsp3) is 0. The Morgan fingerprint density at radius 1 is 1.50 bits per heavy atom. The topological polar surface area (TPSA) is 48.2 Å². The van der Waals surface area contributed by atoms with E-state index in [1.165, 1.54) is 0 Å².